The monoisotopic (exact) mass is 419 g/mol. The van der Waals surface area contributed by atoms with Crippen LogP contribution in [-0.2, 0) is 11.3 Å². The van der Waals surface area contributed by atoms with Crippen LogP contribution in [0.5, 0.6) is 17.2 Å². The van der Waals surface area contributed by atoms with Crippen LogP contribution in [0.1, 0.15) is 28.5 Å². The smallest absolute Gasteiger partial charge is 0.344 e. The van der Waals surface area contributed by atoms with E-state index in [1.807, 2.05) is 41.1 Å². The lowest BCUT2D eigenvalue weighted by Crippen LogP contribution is -2.22. The lowest BCUT2D eigenvalue weighted by atomic mass is 10.1. The lowest BCUT2D eigenvalue weighted by Gasteiger charge is -2.10. The molecule has 31 heavy (non-hydrogen) atoms. The number of rotatable bonds is 8. The topological polar surface area (TPSA) is 87.0 Å². The number of hydrogen-bond acceptors (Lipinski definition) is 5. The van der Waals surface area contributed by atoms with Crippen molar-refractivity contribution in [1.82, 2.24) is 4.57 Å². The number of fused-ring (bicyclic) bond motifs is 1. The molecule has 0 saturated heterocycles. The molecule has 0 spiro atoms. The van der Waals surface area contributed by atoms with Crippen LogP contribution in [-0.4, -0.2) is 34.3 Å². The molecule has 2 heterocycles. The minimum absolute atomic E-state index is 0.0919. The Morgan fingerprint density at radius 3 is 2.68 bits per heavy atom. The molecular formula is C24H21NO6. The number of carboxylic acids is 1. The van der Waals surface area contributed by atoms with Gasteiger partial charge in [0.2, 0.25) is 12.6 Å². The molecule has 1 aliphatic heterocycles. The number of carbonyl (C=O) groups is 2. The van der Waals surface area contributed by atoms with Crippen LogP contribution in [0, 0.1) is 0 Å². The van der Waals surface area contributed by atoms with Crippen molar-refractivity contribution in [3.8, 4) is 17.2 Å². The highest BCUT2D eigenvalue weighted by Crippen LogP contribution is 2.33. The summed E-state index contributed by atoms with van der Waals surface area (Å²) in [5, 5.41) is 8.91. The maximum absolute atomic E-state index is 12.9. The summed E-state index contributed by atoms with van der Waals surface area (Å²) in [5.74, 6) is 0.611. The Kier molecular flexibility index (Phi) is 5.75. The van der Waals surface area contributed by atoms with E-state index in [0.29, 0.717) is 35.1 Å². The van der Waals surface area contributed by atoms with Gasteiger partial charge < -0.3 is 23.9 Å². The number of hydrogen-bond donors (Lipinski definition) is 1. The molecule has 1 N–H and O–H groups in total. The summed E-state index contributed by atoms with van der Waals surface area (Å²) in [6, 6.07) is 15.9. The first kappa shape index (κ1) is 20.3. The number of ether oxygens (including phenoxy) is 3. The summed E-state index contributed by atoms with van der Waals surface area (Å²) >= 11 is 0. The first-order chi connectivity index (χ1) is 15.0. The number of nitrogens with zero attached hydrogens (tertiary/aromatic N) is 1. The molecule has 1 aliphatic rings. The third-order valence-corrected chi connectivity index (χ3v) is 4.85. The van der Waals surface area contributed by atoms with Gasteiger partial charge in [0, 0.05) is 18.3 Å². The van der Waals surface area contributed by atoms with Gasteiger partial charge >= 0.3 is 5.97 Å². The van der Waals surface area contributed by atoms with Crippen LogP contribution >= 0.6 is 0 Å². The standard InChI is InChI=1S/C24H21NO6/c1-16(24(27)28)31-19-9-6-17(7-10-19)4-2-12-25-13-3-5-20(25)23(26)18-8-11-21-22(14-18)30-15-29-21/h2-11,13-14,16H,12,15H2,1H3,(H,27,28)/b4-2+. The van der Waals surface area contributed by atoms with Crippen LogP contribution in [0.2, 0.25) is 0 Å². The first-order valence-electron chi connectivity index (χ1n) is 9.77. The second-order valence-electron chi connectivity index (χ2n) is 7.01. The van der Waals surface area contributed by atoms with Gasteiger partial charge in [-0.05, 0) is 55.0 Å². The average Bonchev–Trinajstić information content (AvgIpc) is 3.43. The van der Waals surface area contributed by atoms with Gasteiger partial charge in [-0.1, -0.05) is 24.3 Å². The molecule has 158 valence electrons. The predicted molar refractivity (Wildman–Crippen MR) is 114 cm³/mol. The quantitative estimate of drug-likeness (QED) is 0.555. The van der Waals surface area contributed by atoms with Gasteiger partial charge in [0.15, 0.2) is 17.6 Å². The van der Waals surface area contributed by atoms with Crippen molar-refractivity contribution in [2.45, 2.75) is 19.6 Å². The fourth-order valence-electron chi connectivity index (χ4n) is 3.18. The highest BCUT2D eigenvalue weighted by Gasteiger charge is 2.18. The maximum Gasteiger partial charge on any atom is 0.344 e. The molecule has 1 atom stereocenters. The minimum atomic E-state index is -1.01. The van der Waals surface area contributed by atoms with Crippen molar-refractivity contribution >= 4 is 17.8 Å². The summed E-state index contributed by atoms with van der Waals surface area (Å²) < 4.78 is 17.9. The van der Waals surface area contributed by atoms with E-state index in [4.69, 9.17) is 19.3 Å². The molecule has 7 heteroatoms. The molecule has 2 aromatic carbocycles. The number of carboxylic acid groups (broad SMARTS) is 1. The van der Waals surface area contributed by atoms with E-state index < -0.39 is 12.1 Å². The molecule has 3 aromatic rings. The summed E-state index contributed by atoms with van der Waals surface area (Å²) in [5.41, 5.74) is 2.06. The van der Waals surface area contributed by atoms with Gasteiger partial charge in [-0.15, -0.1) is 0 Å². The van der Waals surface area contributed by atoms with E-state index in [-0.39, 0.29) is 12.6 Å². The number of benzene rings is 2. The molecule has 0 saturated carbocycles. The summed E-state index contributed by atoms with van der Waals surface area (Å²) in [4.78, 5) is 23.8. The zero-order valence-corrected chi connectivity index (χ0v) is 16.9. The van der Waals surface area contributed by atoms with Crippen molar-refractivity contribution in [3.05, 3.63) is 83.7 Å². The summed E-state index contributed by atoms with van der Waals surface area (Å²) in [6.45, 7) is 2.17. The number of aliphatic carboxylic acids is 1. The second kappa shape index (κ2) is 8.79. The van der Waals surface area contributed by atoms with E-state index in [2.05, 4.69) is 0 Å². The van der Waals surface area contributed by atoms with Gasteiger partial charge in [0.1, 0.15) is 5.75 Å². The fraction of sp³-hybridized carbons (Fsp3) is 0.167. The molecule has 0 fully saturated rings. The van der Waals surface area contributed by atoms with Gasteiger partial charge in [-0.25, -0.2) is 4.79 Å². The largest absolute Gasteiger partial charge is 0.479 e. The molecule has 7 nitrogen and oxygen atoms in total. The third kappa shape index (κ3) is 4.61. The Balaban J connectivity index is 1.41. The van der Waals surface area contributed by atoms with E-state index in [1.165, 1.54) is 6.92 Å². The van der Waals surface area contributed by atoms with Crippen LogP contribution < -0.4 is 14.2 Å². The fourth-order valence-corrected chi connectivity index (χ4v) is 3.18. The van der Waals surface area contributed by atoms with E-state index in [0.717, 1.165) is 5.56 Å². The number of allylic oxidation sites excluding steroid dienone is 1. The Morgan fingerprint density at radius 2 is 1.90 bits per heavy atom. The van der Waals surface area contributed by atoms with Crippen molar-refractivity contribution in [2.24, 2.45) is 0 Å². The highest BCUT2D eigenvalue weighted by atomic mass is 16.7. The molecule has 0 amide bonds. The zero-order chi connectivity index (χ0) is 21.8. The predicted octanol–water partition coefficient (Wildman–Crippen LogP) is 4.01. The van der Waals surface area contributed by atoms with E-state index in [1.54, 1.807) is 36.4 Å². The van der Waals surface area contributed by atoms with Crippen LogP contribution in [0.3, 0.4) is 0 Å². The van der Waals surface area contributed by atoms with Gasteiger partial charge in [-0.2, -0.15) is 0 Å². The van der Waals surface area contributed by atoms with Gasteiger partial charge in [0.05, 0.1) is 5.69 Å². The lowest BCUT2D eigenvalue weighted by molar-refractivity contribution is -0.144. The molecule has 0 aliphatic carbocycles. The molecular weight excluding hydrogens is 398 g/mol. The first-order valence-corrected chi connectivity index (χ1v) is 9.77. The normalized spacial score (nSPS) is 13.3. The summed E-state index contributed by atoms with van der Waals surface area (Å²) in [6.07, 6.45) is 4.83. The van der Waals surface area contributed by atoms with E-state index in [9.17, 15) is 9.59 Å². The van der Waals surface area contributed by atoms with Crippen molar-refractivity contribution in [1.29, 1.82) is 0 Å². The second-order valence-corrected chi connectivity index (χ2v) is 7.01. The average molecular weight is 419 g/mol. The molecule has 0 bridgehead atoms. The SMILES string of the molecule is CC(Oc1ccc(/C=C/Cn2cccc2C(=O)c2ccc3c(c2)OCO3)cc1)C(=O)O. The third-order valence-electron chi connectivity index (χ3n) is 4.85. The Morgan fingerprint density at radius 1 is 1.13 bits per heavy atom. The Bertz CT molecular complexity index is 1130. The maximum atomic E-state index is 12.9. The zero-order valence-electron chi connectivity index (χ0n) is 16.9. The van der Waals surface area contributed by atoms with Crippen LogP contribution in [0.25, 0.3) is 6.08 Å². The van der Waals surface area contributed by atoms with Crippen molar-refractivity contribution < 1.29 is 28.9 Å². The van der Waals surface area contributed by atoms with Crippen molar-refractivity contribution in [3.63, 3.8) is 0 Å². The van der Waals surface area contributed by atoms with Gasteiger partial charge in [-0.3, -0.25) is 4.79 Å². The van der Waals surface area contributed by atoms with Crippen LogP contribution in [0.15, 0.2) is 66.9 Å². The highest BCUT2D eigenvalue weighted by molar-refractivity contribution is 6.08. The minimum Gasteiger partial charge on any atom is -0.479 e. The Labute approximate surface area is 179 Å². The number of carbonyl (C=O) groups excluding carboxylic acids is 1. The summed E-state index contributed by atoms with van der Waals surface area (Å²) in [7, 11) is 0. The number of ketones is 1. The van der Waals surface area contributed by atoms with Gasteiger partial charge in [0.25, 0.3) is 0 Å². The molecule has 1 aromatic heterocycles. The number of aromatic nitrogens is 1. The molecule has 4 rings (SSSR count). The van der Waals surface area contributed by atoms with Crippen LogP contribution in [0.4, 0.5) is 0 Å². The molecule has 1 unspecified atom stereocenters. The Hall–Kier alpha value is -4.00. The van der Waals surface area contributed by atoms with Crippen molar-refractivity contribution in [2.75, 3.05) is 6.79 Å². The molecule has 0 radical (unpaired) electrons. The van der Waals surface area contributed by atoms with E-state index >= 15 is 0 Å².